The summed E-state index contributed by atoms with van der Waals surface area (Å²) in [5, 5.41) is 32.8. The van der Waals surface area contributed by atoms with E-state index in [-0.39, 0.29) is 18.7 Å². The molecule has 1 atom stereocenters. The minimum atomic E-state index is -1.12. The number of benzene rings is 1. The largest absolute Gasteiger partial charge is 0.508 e. The molecule has 0 spiro atoms. The molecular formula is C13H15N2O6. The summed E-state index contributed by atoms with van der Waals surface area (Å²) in [5.74, 6) is -2.58. The Labute approximate surface area is 120 Å². The summed E-state index contributed by atoms with van der Waals surface area (Å²) in [6.07, 6.45) is -0.260. The van der Waals surface area contributed by atoms with Crippen LogP contribution in [-0.2, 0) is 19.5 Å². The van der Waals surface area contributed by atoms with E-state index in [0.717, 1.165) is 0 Å². The lowest BCUT2D eigenvalue weighted by molar-refractivity contribution is -0.137. The van der Waals surface area contributed by atoms with Crippen molar-refractivity contribution in [2.45, 2.75) is 12.5 Å². The second-order valence-corrected chi connectivity index (χ2v) is 4.17. The summed E-state index contributed by atoms with van der Waals surface area (Å²) in [7, 11) is 0. The number of hydrogen-bond acceptors (Lipinski definition) is 4. The minimum absolute atomic E-state index is 0.0149. The Balaban J connectivity index is 2.81. The maximum absolute atomic E-state index is 12.0. The number of carbonyl (C=O) groups is 3. The highest BCUT2D eigenvalue weighted by Crippen LogP contribution is 2.17. The molecule has 0 unspecified atom stereocenters. The van der Waals surface area contributed by atoms with Crippen molar-refractivity contribution in [3.63, 3.8) is 0 Å². The average Bonchev–Trinajstić information content (AvgIpc) is 2.45. The van der Waals surface area contributed by atoms with Gasteiger partial charge in [0, 0.05) is 6.54 Å². The Bertz CT molecular complexity index is 514. The van der Waals surface area contributed by atoms with Gasteiger partial charge in [0.25, 0.3) is 0 Å². The molecular weight excluding hydrogens is 280 g/mol. The average molecular weight is 295 g/mol. The van der Waals surface area contributed by atoms with Gasteiger partial charge >= 0.3 is 5.97 Å². The van der Waals surface area contributed by atoms with Crippen molar-refractivity contribution < 1.29 is 29.7 Å². The first-order valence-corrected chi connectivity index (χ1v) is 6.10. The third-order valence-electron chi connectivity index (χ3n) is 2.56. The van der Waals surface area contributed by atoms with Crippen LogP contribution in [0.3, 0.4) is 0 Å². The fraction of sp³-hybridized carbons (Fsp3) is 0.308. The van der Waals surface area contributed by atoms with Crippen LogP contribution in [0.2, 0.25) is 0 Å². The highest BCUT2D eigenvalue weighted by molar-refractivity contribution is 5.89. The first kappa shape index (κ1) is 16.4. The van der Waals surface area contributed by atoms with Gasteiger partial charge in [0.1, 0.15) is 11.8 Å². The number of carbonyl (C=O) groups excluding carboxylic acids is 2. The van der Waals surface area contributed by atoms with E-state index in [1.54, 1.807) is 0 Å². The summed E-state index contributed by atoms with van der Waals surface area (Å²) < 4.78 is 0. The van der Waals surface area contributed by atoms with Gasteiger partial charge in [-0.25, -0.2) is 5.11 Å². The van der Waals surface area contributed by atoms with Crippen LogP contribution in [-0.4, -0.2) is 41.1 Å². The fourth-order valence-electron chi connectivity index (χ4n) is 1.56. The molecule has 0 aliphatic rings. The zero-order valence-corrected chi connectivity index (χ0v) is 11.0. The quantitative estimate of drug-likeness (QED) is 0.541. The Morgan fingerprint density at radius 1 is 1.14 bits per heavy atom. The van der Waals surface area contributed by atoms with Gasteiger partial charge in [0.2, 0.25) is 11.8 Å². The van der Waals surface area contributed by atoms with Gasteiger partial charge in [-0.3, -0.25) is 14.4 Å². The molecule has 0 fully saturated rings. The molecule has 1 radical (unpaired) electrons. The van der Waals surface area contributed by atoms with Crippen LogP contribution in [0.1, 0.15) is 18.0 Å². The van der Waals surface area contributed by atoms with Crippen LogP contribution in [0.15, 0.2) is 24.3 Å². The molecule has 0 bridgehead atoms. The number of amides is 2. The number of aliphatic carboxylic acids is 1. The van der Waals surface area contributed by atoms with Crippen LogP contribution in [0, 0.1) is 0 Å². The zero-order valence-electron chi connectivity index (χ0n) is 11.0. The summed E-state index contributed by atoms with van der Waals surface area (Å²) >= 11 is 0. The lowest BCUT2D eigenvalue weighted by Crippen LogP contribution is -2.41. The van der Waals surface area contributed by atoms with Gasteiger partial charge in [-0.05, 0) is 17.7 Å². The number of phenols is 1. The second-order valence-electron chi connectivity index (χ2n) is 4.17. The number of rotatable bonds is 7. The number of nitrogens with one attached hydrogen (secondary N) is 2. The maximum atomic E-state index is 12.0. The van der Waals surface area contributed by atoms with Crippen LogP contribution in [0.5, 0.6) is 5.75 Å². The summed E-state index contributed by atoms with van der Waals surface area (Å²) in [4.78, 5) is 33.6. The molecule has 0 aliphatic heterocycles. The smallest absolute Gasteiger partial charge is 0.305 e. The standard InChI is InChI=1S/C13H15N2O6/c16-7-10(18)15-12(8-1-3-9(17)4-2-8)13(21)14-6-5-11(19)20/h1-4,12,17H,5-7H2,(H,14,21)(H,15,18)(H,19,20)/t12-/m1/s1. The molecule has 1 aromatic carbocycles. The molecule has 0 aliphatic carbocycles. The van der Waals surface area contributed by atoms with Gasteiger partial charge in [0.15, 0.2) is 6.61 Å². The number of hydrogen-bond donors (Lipinski definition) is 4. The normalized spacial score (nSPS) is 11.5. The number of carboxylic acids is 1. The van der Waals surface area contributed by atoms with Gasteiger partial charge in [-0.15, -0.1) is 0 Å². The Hall–Kier alpha value is -2.61. The third-order valence-corrected chi connectivity index (χ3v) is 2.56. The van der Waals surface area contributed by atoms with Crippen LogP contribution < -0.4 is 10.6 Å². The van der Waals surface area contributed by atoms with Crippen molar-refractivity contribution in [2.75, 3.05) is 13.2 Å². The van der Waals surface area contributed by atoms with E-state index in [9.17, 15) is 24.6 Å². The number of aromatic hydroxyl groups is 1. The summed E-state index contributed by atoms with van der Waals surface area (Å²) in [6, 6.07) is 4.37. The van der Waals surface area contributed by atoms with E-state index in [1.165, 1.54) is 24.3 Å². The molecule has 21 heavy (non-hydrogen) atoms. The Morgan fingerprint density at radius 3 is 2.29 bits per heavy atom. The Kier molecular flexibility index (Phi) is 6.15. The molecule has 0 aromatic heterocycles. The molecule has 2 amide bonds. The minimum Gasteiger partial charge on any atom is -0.508 e. The van der Waals surface area contributed by atoms with Gasteiger partial charge in [-0.2, -0.15) is 0 Å². The molecule has 4 N–H and O–H groups in total. The van der Waals surface area contributed by atoms with Crippen molar-refractivity contribution in [2.24, 2.45) is 0 Å². The molecule has 113 valence electrons. The van der Waals surface area contributed by atoms with E-state index in [2.05, 4.69) is 10.6 Å². The molecule has 1 aromatic rings. The van der Waals surface area contributed by atoms with Crippen molar-refractivity contribution in [1.29, 1.82) is 0 Å². The lowest BCUT2D eigenvalue weighted by atomic mass is 10.1. The van der Waals surface area contributed by atoms with E-state index in [4.69, 9.17) is 5.11 Å². The van der Waals surface area contributed by atoms with E-state index in [0.29, 0.717) is 5.56 Å². The van der Waals surface area contributed by atoms with E-state index >= 15 is 0 Å². The summed E-state index contributed by atoms with van der Waals surface area (Å²) in [5.41, 5.74) is 0.363. The van der Waals surface area contributed by atoms with Crippen molar-refractivity contribution in [3.8, 4) is 5.75 Å². The van der Waals surface area contributed by atoms with Crippen LogP contribution in [0.4, 0.5) is 0 Å². The molecule has 8 heteroatoms. The highest BCUT2D eigenvalue weighted by atomic mass is 16.4. The number of carboxylic acid groups (broad SMARTS) is 1. The summed E-state index contributed by atoms with van der Waals surface area (Å²) in [6.45, 7) is -1.13. The fourth-order valence-corrected chi connectivity index (χ4v) is 1.56. The van der Waals surface area contributed by atoms with Crippen LogP contribution in [0.25, 0.3) is 0 Å². The molecule has 0 saturated heterocycles. The van der Waals surface area contributed by atoms with Gasteiger partial charge in [-0.1, -0.05) is 12.1 Å². The first-order chi connectivity index (χ1) is 9.93. The van der Waals surface area contributed by atoms with Crippen LogP contribution >= 0.6 is 0 Å². The van der Waals surface area contributed by atoms with Gasteiger partial charge < -0.3 is 20.8 Å². The van der Waals surface area contributed by atoms with E-state index in [1.807, 2.05) is 0 Å². The van der Waals surface area contributed by atoms with E-state index < -0.39 is 30.4 Å². The van der Waals surface area contributed by atoms with Gasteiger partial charge in [0.05, 0.1) is 6.42 Å². The molecule has 0 saturated carbocycles. The predicted molar refractivity (Wildman–Crippen MR) is 69.8 cm³/mol. The SMILES string of the molecule is [O]CC(=O)N[C@@H](C(=O)NCCC(=O)O)c1ccc(O)cc1. The lowest BCUT2D eigenvalue weighted by Gasteiger charge is -2.18. The monoisotopic (exact) mass is 295 g/mol. The predicted octanol–water partition coefficient (Wildman–Crippen LogP) is -0.429. The second kappa shape index (κ2) is 7.85. The van der Waals surface area contributed by atoms with Crippen molar-refractivity contribution in [1.82, 2.24) is 10.6 Å². The zero-order chi connectivity index (χ0) is 15.8. The number of phenolic OH excluding ortho intramolecular Hbond substituents is 1. The van der Waals surface area contributed by atoms with Crippen molar-refractivity contribution in [3.05, 3.63) is 29.8 Å². The molecule has 8 nitrogen and oxygen atoms in total. The molecule has 1 rings (SSSR count). The maximum Gasteiger partial charge on any atom is 0.305 e. The highest BCUT2D eigenvalue weighted by Gasteiger charge is 2.22. The topological polar surface area (TPSA) is 136 Å². The molecule has 0 heterocycles. The Morgan fingerprint density at radius 2 is 1.76 bits per heavy atom. The van der Waals surface area contributed by atoms with Crippen molar-refractivity contribution >= 4 is 17.8 Å². The first-order valence-electron chi connectivity index (χ1n) is 6.10. The third kappa shape index (κ3) is 5.49.